The summed E-state index contributed by atoms with van der Waals surface area (Å²) >= 11 is 0. The molecule has 116 valence electrons. The Kier molecular flexibility index (Phi) is 3.93. The summed E-state index contributed by atoms with van der Waals surface area (Å²) in [7, 11) is 0. The number of amides is 1. The number of carboxylic acid groups (broad SMARTS) is 1. The van der Waals surface area contributed by atoms with Crippen molar-refractivity contribution in [2.45, 2.75) is 52.3 Å². The second-order valence-electron chi connectivity index (χ2n) is 6.20. The first-order chi connectivity index (χ1) is 9.67. The lowest BCUT2D eigenvalue weighted by Gasteiger charge is -2.35. The Morgan fingerprint density at radius 3 is 2.67 bits per heavy atom. The van der Waals surface area contributed by atoms with Crippen molar-refractivity contribution in [2.24, 2.45) is 0 Å². The number of fused-ring (bicyclic) bond motifs is 1. The highest BCUT2D eigenvalue weighted by molar-refractivity contribution is 5.70. The molecule has 1 aromatic rings. The molecule has 0 spiro atoms. The summed E-state index contributed by atoms with van der Waals surface area (Å²) in [6, 6.07) is -0.240. The van der Waals surface area contributed by atoms with E-state index in [1.807, 2.05) is 32.3 Å². The zero-order chi connectivity index (χ0) is 15.8. The highest BCUT2D eigenvalue weighted by atomic mass is 16.6. The number of carboxylic acids is 1. The Balaban J connectivity index is 2.16. The minimum absolute atomic E-state index is 0.112. The van der Waals surface area contributed by atoms with Gasteiger partial charge in [-0.15, -0.1) is 0 Å². The van der Waals surface area contributed by atoms with Crippen LogP contribution in [0.1, 0.15) is 45.3 Å². The second kappa shape index (κ2) is 5.38. The molecule has 1 aromatic heterocycles. The quantitative estimate of drug-likeness (QED) is 0.899. The van der Waals surface area contributed by atoms with Crippen LogP contribution in [0.4, 0.5) is 4.79 Å². The van der Waals surface area contributed by atoms with Crippen LogP contribution in [0.2, 0.25) is 0 Å². The van der Waals surface area contributed by atoms with Gasteiger partial charge in [0.05, 0.1) is 18.2 Å². The fraction of sp³-hybridized carbons (Fsp3) is 0.643. The molecule has 2 heterocycles. The molecule has 1 unspecified atom stereocenters. The van der Waals surface area contributed by atoms with Crippen molar-refractivity contribution in [3.63, 3.8) is 0 Å². The van der Waals surface area contributed by atoms with Crippen molar-refractivity contribution in [3.8, 4) is 0 Å². The summed E-state index contributed by atoms with van der Waals surface area (Å²) in [5.74, 6) is -0.217. The van der Waals surface area contributed by atoms with E-state index in [4.69, 9.17) is 9.84 Å². The van der Waals surface area contributed by atoms with Crippen molar-refractivity contribution in [1.29, 1.82) is 0 Å². The van der Waals surface area contributed by atoms with E-state index in [0.29, 0.717) is 24.6 Å². The van der Waals surface area contributed by atoms with Gasteiger partial charge in [0.2, 0.25) is 0 Å². The molecule has 7 heteroatoms. The Morgan fingerprint density at radius 1 is 1.43 bits per heavy atom. The van der Waals surface area contributed by atoms with E-state index in [0.717, 1.165) is 0 Å². The number of hydrogen-bond donors (Lipinski definition) is 1. The number of aromatic nitrogens is 2. The van der Waals surface area contributed by atoms with Crippen molar-refractivity contribution >= 4 is 12.1 Å². The third kappa shape index (κ3) is 3.53. The molecule has 1 aliphatic heterocycles. The van der Waals surface area contributed by atoms with Crippen LogP contribution in [0.25, 0.3) is 0 Å². The predicted octanol–water partition coefficient (Wildman–Crippen LogP) is 1.82. The first kappa shape index (κ1) is 15.3. The standard InChI is InChI=1S/C14H21N3O4/c1-9-12-15-10(7-11(18)19)8-16(12)5-6-17(9)13(20)21-14(2,3)4/h8-9H,5-7H2,1-4H3,(H,18,19). The predicted molar refractivity (Wildman–Crippen MR) is 74.9 cm³/mol. The maximum Gasteiger partial charge on any atom is 0.410 e. The molecule has 0 aromatic carbocycles. The van der Waals surface area contributed by atoms with Crippen LogP contribution in [0.15, 0.2) is 6.20 Å². The molecule has 0 aliphatic carbocycles. The highest BCUT2D eigenvalue weighted by Gasteiger charge is 2.32. The van der Waals surface area contributed by atoms with E-state index >= 15 is 0 Å². The van der Waals surface area contributed by atoms with Crippen LogP contribution in [-0.4, -0.2) is 43.8 Å². The lowest BCUT2D eigenvalue weighted by Crippen LogP contribution is -2.43. The van der Waals surface area contributed by atoms with E-state index in [2.05, 4.69) is 4.98 Å². The average molecular weight is 295 g/mol. The molecule has 2 rings (SSSR count). The number of ether oxygens (including phenoxy) is 1. The molecular formula is C14H21N3O4. The van der Waals surface area contributed by atoms with Gasteiger partial charge < -0.3 is 14.4 Å². The highest BCUT2D eigenvalue weighted by Crippen LogP contribution is 2.26. The molecule has 1 aliphatic rings. The Labute approximate surface area is 123 Å². The monoisotopic (exact) mass is 295 g/mol. The van der Waals surface area contributed by atoms with Gasteiger partial charge in [0.15, 0.2) is 0 Å². The minimum atomic E-state index is -0.915. The van der Waals surface area contributed by atoms with Crippen molar-refractivity contribution in [2.75, 3.05) is 6.54 Å². The van der Waals surface area contributed by atoms with Crippen LogP contribution in [0.3, 0.4) is 0 Å². The number of imidazole rings is 1. The Hall–Kier alpha value is -2.05. The van der Waals surface area contributed by atoms with E-state index in [1.165, 1.54) is 0 Å². The minimum Gasteiger partial charge on any atom is -0.481 e. The molecule has 1 amide bonds. The molecule has 1 N–H and O–H groups in total. The van der Waals surface area contributed by atoms with Crippen LogP contribution < -0.4 is 0 Å². The van der Waals surface area contributed by atoms with Crippen molar-refractivity contribution in [1.82, 2.24) is 14.5 Å². The molecular weight excluding hydrogens is 274 g/mol. The molecule has 0 fully saturated rings. The molecule has 21 heavy (non-hydrogen) atoms. The molecule has 0 radical (unpaired) electrons. The fourth-order valence-corrected chi connectivity index (χ4v) is 2.36. The number of carbonyl (C=O) groups is 2. The lowest BCUT2D eigenvalue weighted by molar-refractivity contribution is -0.136. The number of nitrogens with zero attached hydrogens (tertiary/aromatic N) is 3. The number of rotatable bonds is 2. The zero-order valence-electron chi connectivity index (χ0n) is 12.8. The average Bonchev–Trinajstić information content (AvgIpc) is 2.69. The Bertz CT molecular complexity index is 559. The van der Waals surface area contributed by atoms with Gasteiger partial charge in [0.1, 0.15) is 11.4 Å². The van der Waals surface area contributed by atoms with Gasteiger partial charge in [0, 0.05) is 19.3 Å². The molecule has 0 bridgehead atoms. The van der Waals surface area contributed by atoms with E-state index in [-0.39, 0.29) is 18.6 Å². The Morgan fingerprint density at radius 2 is 2.10 bits per heavy atom. The smallest absolute Gasteiger partial charge is 0.410 e. The maximum absolute atomic E-state index is 12.2. The summed E-state index contributed by atoms with van der Waals surface area (Å²) in [4.78, 5) is 28.9. The number of hydrogen-bond acceptors (Lipinski definition) is 4. The molecule has 7 nitrogen and oxygen atoms in total. The maximum atomic E-state index is 12.2. The molecule has 0 saturated carbocycles. The summed E-state index contributed by atoms with van der Waals surface area (Å²) in [5, 5.41) is 8.83. The van der Waals surface area contributed by atoms with E-state index in [9.17, 15) is 9.59 Å². The van der Waals surface area contributed by atoms with E-state index < -0.39 is 11.6 Å². The normalized spacial score (nSPS) is 18.3. The second-order valence-corrected chi connectivity index (χ2v) is 6.20. The molecule has 0 saturated heterocycles. The molecule has 1 atom stereocenters. The van der Waals surface area contributed by atoms with Gasteiger partial charge in [-0.3, -0.25) is 9.69 Å². The third-order valence-electron chi connectivity index (χ3n) is 3.24. The van der Waals surface area contributed by atoms with Crippen LogP contribution in [-0.2, 0) is 22.5 Å². The SMILES string of the molecule is CC1c2nc(CC(=O)O)cn2CCN1C(=O)OC(C)(C)C. The topological polar surface area (TPSA) is 84.7 Å². The number of aliphatic carboxylic acids is 1. The fourth-order valence-electron chi connectivity index (χ4n) is 2.36. The summed E-state index contributed by atoms with van der Waals surface area (Å²) in [5.41, 5.74) is -0.0339. The van der Waals surface area contributed by atoms with Gasteiger partial charge in [-0.05, 0) is 27.7 Å². The van der Waals surface area contributed by atoms with E-state index in [1.54, 1.807) is 11.1 Å². The van der Waals surface area contributed by atoms with Crippen LogP contribution >= 0.6 is 0 Å². The van der Waals surface area contributed by atoms with Crippen LogP contribution in [0, 0.1) is 0 Å². The summed E-state index contributed by atoms with van der Waals surface area (Å²) in [6.07, 6.45) is 1.26. The van der Waals surface area contributed by atoms with Gasteiger partial charge in [0.25, 0.3) is 0 Å². The third-order valence-corrected chi connectivity index (χ3v) is 3.24. The summed E-state index contributed by atoms with van der Waals surface area (Å²) < 4.78 is 7.30. The van der Waals surface area contributed by atoms with Gasteiger partial charge in [-0.1, -0.05) is 0 Å². The summed E-state index contributed by atoms with van der Waals surface area (Å²) in [6.45, 7) is 8.45. The largest absolute Gasteiger partial charge is 0.481 e. The van der Waals surface area contributed by atoms with Crippen molar-refractivity contribution < 1.29 is 19.4 Å². The number of carbonyl (C=O) groups excluding carboxylic acids is 1. The van der Waals surface area contributed by atoms with Gasteiger partial charge in [-0.25, -0.2) is 9.78 Å². The lowest BCUT2D eigenvalue weighted by atomic mass is 10.2. The van der Waals surface area contributed by atoms with Gasteiger partial charge >= 0.3 is 12.1 Å². The van der Waals surface area contributed by atoms with Crippen LogP contribution in [0.5, 0.6) is 0 Å². The zero-order valence-corrected chi connectivity index (χ0v) is 12.8. The van der Waals surface area contributed by atoms with Crippen molar-refractivity contribution in [3.05, 3.63) is 17.7 Å². The van der Waals surface area contributed by atoms with Gasteiger partial charge in [-0.2, -0.15) is 0 Å². The first-order valence-electron chi connectivity index (χ1n) is 6.95. The first-order valence-corrected chi connectivity index (χ1v) is 6.95.